The van der Waals surface area contributed by atoms with Crippen LogP contribution in [0.15, 0.2) is 46.2 Å². The van der Waals surface area contributed by atoms with Crippen LogP contribution in [-0.2, 0) is 16.0 Å². The molecule has 0 fully saturated rings. The average Bonchev–Trinajstić information content (AvgIpc) is 3.23. The Morgan fingerprint density at radius 1 is 1.20 bits per heavy atom. The Kier molecular flexibility index (Phi) is 4.95. The molecule has 0 aliphatic rings. The standard InChI is InChI=1S/C18H16N2O4S/c1-11-3-8-15(24-11)17-20-14(10-25-17)9-16(21)19-13-6-4-12(5-7-13)18(22)23-2/h3-8,10H,9H2,1-2H3,(H,19,21). The number of thiazole rings is 1. The van der Waals surface area contributed by atoms with Gasteiger partial charge in [-0.05, 0) is 43.3 Å². The number of anilines is 1. The number of carbonyl (C=O) groups excluding carboxylic acids is 2. The van der Waals surface area contributed by atoms with Crippen molar-refractivity contribution in [3.05, 3.63) is 58.8 Å². The van der Waals surface area contributed by atoms with Gasteiger partial charge in [-0.3, -0.25) is 4.79 Å². The van der Waals surface area contributed by atoms with Crippen LogP contribution in [0.25, 0.3) is 10.8 Å². The summed E-state index contributed by atoms with van der Waals surface area (Å²) in [6.45, 7) is 1.87. The van der Waals surface area contributed by atoms with Gasteiger partial charge in [0.1, 0.15) is 5.76 Å². The summed E-state index contributed by atoms with van der Waals surface area (Å²) < 4.78 is 10.2. The van der Waals surface area contributed by atoms with Crippen molar-refractivity contribution in [2.75, 3.05) is 12.4 Å². The molecule has 0 aliphatic heterocycles. The van der Waals surface area contributed by atoms with Crippen LogP contribution < -0.4 is 5.32 Å². The minimum Gasteiger partial charge on any atom is -0.465 e. The van der Waals surface area contributed by atoms with E-state index in [-0.39, 0.29) is 12.3 Å². The minimum absolute atomic E-state index is 0.162. The summed E-state index contributed by atoms with van der Waals surface area (Å²) in [5.74, 6) is 0.923. The highest BCUT2D eigenvalue weighted by atomic mass is 32.1. The van der Waals surface area contributed by atoms with Gasteiger partial charge in [0.15, 0.2) is 10.8 Å². The molecule has 0 saturated heterocycles. The molecule has 1 amide bonds. The zero-order chi connectivity index (χ0) is 17.8. The molecular weight excluding hydrogens is 340 g/mol. The van der Waals surface area contributed by atoms with Crippen molar-refractivity contribution >= 4 is 28.9 Å². The number of nitrogens with zero attached hydrogens (tertiary/aromatic N) is 1. The summed E-state index contributed by atoms with van der Waals surface area (Å²) >= 11 is 1.44. The molecule has 0 unspecified atom stereocenters. The fourth-order valence-corrected chi connectivity index (χ4v) is 3.01. The monoisotopic (exact) mass is 356 g/mol. The molecule has 0 bridgehead atoms. The Morgan fingerprint density at radius 2 is 1.96 bits per heavy atom. The third-order valence-corrected chi connectivity index (χ3v) is 4.34. The second kappa shape index (κ2) is 7.31. The summed E-state index contributed by atoms with van der Waals surface area (Å²) in [6.07, 6.45) is 0.162. The number of rotatable bonds is 5. The number of esters is 1. The van der Waals surface area contributed by atoms with Crippen molar-refractivity contribution in [1.82, 2.24) is 4.98 Å². The number of ether oxygens (including phenoxy) is 1. The highest BCUT2D eigenvalue weighted by molar-refractivity contribution is 7.13. The number of benzene rings is 1. The van der Waals surface area contributed by atoms with Crippen LogP contribution in [0, 0.1) is 6.92 Å². The van der Waals surface area contributed by atoms with E-state index in [4.69, 9.17) is 4.42 Å². The number of nitrogens with one attached hydrogen (secondary N) is 1. The van der Waals surface area contributed by atoms with Gasteiger partial charge in [0.2, 0.25) is 5.91 Å². The Hall–Kier alpha value is -2.93. The van der Waals surface area contributed by atoms with E-state index in [2.05, 4.69) is 15.0 Å². The number of methoxy groups -OCH3 is 1. The molecule has 0 spiro atoms. The van der Waals surface area contributed by atoms with Gasteiger partial charge < -0.3 is 14.5 Å². The van der Waals surface area contributed by atoms with Crippen molar-refractivity contribution in [2.45, 2.75) is 13.3 Å². The van der Waals surface area contributed by atoms with Gasteiger partial charge in [-0.1, -0.05) is 0 Å². The van der Waals surface area contributed by atoms with Gasteiger partial charge in [-0.15, -0.1) is 11.3 Å². The molecule has 0 radical (unpaired) electrons. The SMILES string of the molecule is COC(=O)c1ccc(NC(=O)Cc2csc(-c3ccc(C)o3)n2)cc1. The topological polar surface area (TPSA) is 81.4 Å². The highest BCUT2D eigenvalue weighted by Crippen LogP contribution is 2.25. The first-order valence-corrected chi connectivity index (χ1v) is 8.42. The molecule has 0 saturated carbocycles. The van der Waals surface area contributed by atoms with E-state index >= 15 is 0 Å². The average molecular weight is 356 g/mol. The fourth-order valence-electron chi connectivity index (χ4n) is 2.23. The summed E-state index contributed by atoms with van der Waals surface area (Å²) in [5.41, 5.74) is 1.71. The lowest BCUT2D eigenvalue weighted by Gasteiger charge is -2.05. The van der Waals surface area contributed by atoms with Crippen molar-refractivity contribution < 1.29 is 18.7 Å². The fraction of sp³-hybridized carbons (Fsp3) is 0.167. The third-order valence-electron chi connectivity index (χ3n) is 3.43. The first kappa shape index (κ1) is 16.9. The predicted molar refractivity (Wildman–Crippen MR) is 94.7 cm³/mol. The molecule has 0 atom stereocenters. The first-order valence-electron chi connectivity index (χ1n) is 7.54. The van der Waals surface area contributed by atoms with Crippen molar-refractivity contribution in [3.8, 4) is 10.8 Å². The van der Waals surface area contributed by atoms with E-state index in [1.54, 1.807) is 24.3 Å². The van der Waals surface area contributed by atoms with E-state index in [9.17, 15) is 9.59 Å². The molecule has 0 aliphatic carbocycles. The molecular formula is C18H16N2O4S. The number of hydrogen-bond acceptors (Lipinski definition) is 6. The van der Waals surface area contributed by atoms with Gasteiger partial charge in [0.05, 0.1) is 24.8 Å². The number of carbonyl (C=O) groups is 2. The maximum Gasteiger partial charge on any atom is 0.337 e. The number of furan rings is 1. The van der Waals surface area contributed by atoms with Gasteiger partial charge in [-0.2, -0.15) is 0 Å². The van der Waals surface area contributed by atoms with E-state index in [0.29, 0.717) is 22.7 Å². The second-order valence-corrected chi connectivity index (χ2v) is 6.21. The Morgan fingerprint density at radius 3 is 2.60 bits per heavy atom. The van der Waals surface area contributed by atoms with Crippen molar-refractivity contribution in [1.29, 1.82) is 0 Å². The molecule has 7 heteroatoms. The van der Waals surface area contributed by atoms with Gasteiger partial charge in [0, 0.05) is 11.1 Å². The van der Waals surface area contributed by atoms with Crippen LogP contribution >= 0.6 is 11.3 Å². The van der Waals surface area contributed by atoms with Crippen LogP contribution in [0.4, 0.5) is 5.69 Å². The van der Waals surface area contributed by atoms with E-state index in [0.717, 1.165) is 10.8 Å². The first-order chi connectivity index (χ1) is 12.0. The van der Waals surface area contributed by atoms with Crippen LogP contribution in [0.5, 0.6) is 0 Å². The summed E-state index contributed by atoms with van der Waals surface area (Å²) in [7, 11) is 1.32. The molecule has 1 N–H and O–H groups in total. The highest BCUT2D eigenvalue weighted by Gasteiger charge is 2.12. The molecule has 25 heavy (non-hydrogen) atoms. The maximum atomic E-state index is 12.1. The van der Waals surface area contributed by atoms with Gasteiger partial charge in [-0.25, -0.2) is 9.78 Å². The Balaban J connectivity index is 1.61. The van der Waals surface area contributed by atoms with Crippen LogP contribution in [0.1, 0.15) is 21.8 Å². The van der Waals surface area contributed by atoms with E-state index in [1.165, 1.54) is 18.4 Å². The minimum atomic E-state index is -0.416. The number of aromatic nitrogens is 1. The molecule has 128 valence electrons. The van der Waals surface area contributed by atoms with Crippen molar-refractivity contribution in [3.63, 3.8) is 0 Å². The van der Waals surface area contributed by atoms with E-state index < -0.39 is 5.97 Å². The summed E-state index contributed by atoms with van der Waals surface area (Å²) in [5, 5.41) is 5.37. The lowest BCUT2D eigenvalue weighted by molar-refractivity contribution is -0.115. The molecule has 3 rings (SSSR count). The number of hydrogen-bond donors (Lipinski definition) is 1. The normalized spacial score (nSPS) is 10.5. The van der Waals surface area contributed by atoms with Gasteiger partial charge in [0.25, 0.3) is 0 Å². The Labute approximate surface area is 148 Å². The molecule has 1 aromatic carbocycles. The largest absolute Gasteiger partial charge is 0.465 e. The molecule has 2 heterocycles. The quantitative estimate of drug-likeness (QED) is 0.705. The predicted octanol–water partition coefficient (Wildman–Crippen LogP) is 3.68. The lowest BCUT2D eigenvalue weighted by Crippen LogP contribution is -2.14. The zero-order valence-electron chi connectivity index (χ0n) is 13.7. The zero-order valence-corrected chi connectivity index (χ0v) is 14.6. The van der Waals surface area contributed by atoms with Crippen LogP contribution in [-0.4, -0.2) is 24.0 Å². The maximum absolute atomic E-state index is 12.1. The van der Waals surface area contributed by atoms with Gasteiger partial charge >= 0.3 is 5.97 Å². The summed E-state index contributed by atoms with van der Waals surface area (Å²) in [6, 6.07) is 10.2. The Bertz CT molecular complexity index is 896. The van der Waals surface area contributed by atoms with Crippen LogP contribution in [0.2, 0.25) is 0 Å². The molecule has 2 aromatic heterocycles. The summed E-state index contributed by atoms with van der Waals surface area (Å²) in [4.78, 5) is 28.0. The second-order valence-electron chi connectivity index (χ2n) is 5.35. The number of aryl methyl sites for hydroxylation is 1. The van der Waals surface area contributed by atoms with Crippen molar-refractivity contribution in [2.24, 2.45) is 0 Å². The molecule has 6 nitrogen and oxygen atoms in total. The van der Waals surface area contributed by atoms with Crippen LogP contribution in [0.3, 0.4) is 0 Å². The number of amides is 1. The molecule has 3 aromatic rings. The third kappa shape index (κ3) is 4.13. The lowest BCUT2D eigenvalue weighted by atomic mass is 10.2. The smallest absolute Gasteiger partial charge is 0.337 e. The van der Waals surface area contributed by atoms with E-state index in [1.807, 2.05) is 24.4 Å².